The minimum absolute atomic E-state index is 0.173. The fourth-order valence-corrected chi connectivity index (χ4v) is 2.71. The van der Waals surface area contributed by atoms with Crippen LogP contribution in [-0.2, 0) is 4.79 Å². The van der Waals surface area contributed by atoms with Crippen molar-refractivity contribution < 1.29 is 14.7 Å². The van der Waals surface area contributed by atoms with E-state index in [1.807, 2.05) is 43.3 Å². The first kappa shape index (κ1) is 17.4. The second-order valence-electron chi connectivity index (χ2n) is 6.17. The zero-order valence-corrected chi connectivity index (χ0v) is 14.8. The molecule has 0 unspecified atom stereocenters. The van der Waals surface area contributed by atoms with Crippen LogP contribution in [0.5, 0.6) is 0 Å². The smallest absolute Gasteiger partial charge is 0.335 e. The zero-order valence-electron chi connectivity index (χ0n) is 14.8. The van der Waals surface area contributed by atoms with Gasteiger partial charge in [-0.2, -0.15) is 0 Å². The maximum absolute atomic E-state index is 12.7. The molecule has 3 rings (SSSR count). The maximum Gasteiger partial charge on any atom is 0.335 e. The van der Waals surface area contributed by atoms with E-state index in [0.717, 1.165) is 11.3 Å². The molecule has 0 radical (unpaired) electrons. The molecule has 6 nitrogen and oxygen atoms in total. The van der Waals surface area contributed by atoms with Gasteiger partial charge in [-0.15, -0.1) is 0 Å². The summed E-state index contributed by atoms with van der Waals surface area (Å²) in [6.45, 7) is 1.75. The number of anilines is 2. The second-order valence-corrected chi connectivity index (χ2v) is 6.17. The van der Waals surface area contributed by atoms with Crippen LogP contribution in [0.15, 0.2) is 59.2 Å². The first-order valence-electron chi connectivity index (χ1n) is 8.09. The van der Waals surface area contributed by atoms with Crippen LogP contribution in [-0.4, -0.2) is 36.9 Å². The number of aromatic carboxylic acids is 1. The summed E-state index contributed by atoms with van der Waals surface area (Å²) in [5.41, 5.74) is 3.07. The minimum atomic E-state index is -1.00. The van der Waals surface area contributed by atoms with Crippen molar-refractivity contribution in [1.82, 2.24) is 0 Å². The number of rotatable bonds is 4. The topological polar surface area (TPSA) is 73.2 Å². The Hall–Kier alpha value is -3.41. The van der Waals surface area contributed by atoms with Crippen molar-refractivity contribution in [1.29, 1.82) is 0 Å². The summed E-state index contributed by atoms with van der Waals surface area (Å²) in [5, 5.41) is 8.99. The summed E-state index contributed by atoms with van der Waals surface area (Å²) < 4.78 is 0. The van der Waals surface area contributed by atoms with E-state index < -0.39 is 5.97 Å². The molecule has 1 heterocycles. The largest absolute Gasteiger partial charge is 0.478 e. The van der Waals surface area contributed by atoms with E-state index in [-0.39, 0.29) is 11.5 Å². The monoisotopic (exact) mass is 349 g/mol. The van der Waals surface area contributed by atoms with Gasteiger partial charge >= 0.3 is 5.97 Å². The number of carbonyl (C=O) groups excluding carboxylic acids is 1. The second kappa shape index (κ2) is 6.84. The quantitative estimate of drug-likeness (QED) is 0.860. The molecule has 6 heteroatoms. The number of hydrogen-bond acceptors (Lipinski definition) is 4. The van der Waals surface area contributed by atoms with Crippen molar-refractivity contribution in [2.45, 2.75) is 6.92 Å². The summed E-state index contributed by atoms with van der Waals surface area (Å²) >= 11 is 0. The highest BCUT2D eigenvalue weighted by molar-refractivity contribution is 6.28. The van der Waals surface area contributed by atoms with Crippen molar-refractivity contribution in [3.8, 4) is 0 Å². The summed E-state index contributed by atoms with van der Waals surface area (Å²) in [4.78, 5) is 31.5. The third kappa shape index (κ3) is 3.35. The Kier molecular flexibility index (Phi) is 4.58. The van der Waals surface area contributed by atoms with Gasteiger partial charge in [-0.25, -0.2) is 9.79 Å². The summed E-state index contributed by atoms with van der Waals surface area (Å²) in [6.07, 6.45) is 1.75. The van der Waals surface area contributed by atoms with Crippen LogP contribution in [0, 0.1) is 0 Å². The van der Waals surface area contributed by atoms with Crippen LogP contribution >= 0.6 is 0 Å². The molecule has 0 aliphatic carbocycles. The molecule has 0 saturated heterocycles. The van der Waals surface area contributed by atoms with Gasteiger partial charge in [0.2, 0.25) is 0 Å². The van der Waals surface area contributed by atoms with Gasteiger partial charge in [-0.05, 0) is 55.0 Å². The number of carbonyl (C=O) groups is 2. The van der Waals surface area contributed by atoms with Crippen molar-refractivity contribution in [2.75, 3.05) is 23.9 Å². The Balaban J connectivity index is 1.86. The van der Waals surface area contributed by atoms with Gasteiger partial charge < -0.3 is 10.0 Å². The van der Waals surface area contributed by atoms with Gasteiger partial charge in [0.05, 0.1) is 11.3 Å². The minimum Gasteiger partial charge on any atom is -0.478 e. The fraction of sp³-hybridized carbons (Fsp3) is 0.150. The molecule has 1 aliphatic heterocycles. The number of carboxylic acids is 1. The molecule has 26 heavy (non-hydrogen) atoms. The molecule has 0 aromatic heterocycles. The lowest BCUT2D eigenvalue weighted by atomic mass is 10.1. The highest BCUT2D eigenvalue weighted by atomic mass is 16.4. The standard InChI is InChI=1S/C20H19N3O3/c1-13-21-18(12-14-4-8-16(9-5-14)22(2)3)19(24)23(13)17-10-6-15(7-11-17)20(25)26/h4-12H,1-3H3,(H,25,26)/b18-12-. The number of nitrogens with zero attached hydrogens (tertiary/aromatic N) is 3. The molecule has 1 N–H and O–H groups in total. The Morgan fingerprint density at radius 1 is 1.08 bits per heavy atom. The molecular weight excluding hydrogens is 330 g/mol. The molecule has 0 spiro atoms. The molecule has 2 aromatic rings. The Bertz CT molecular complexity index is 910. The van der Waals surface area contributed by atoms with E-state index in [2.05, 4.69) is 4.99 Å². The molecule has 1 amide bonds. The summed E-state index contributed by atoms with van der Waals surface area (Å²) in [6, 6.07) is 14.0. The van der Waals surface area contributed by atoms with Gasteiger partial charge in [-0.1, -0.05) is 12.1 Å². The molecule has 0 atom stereocenters. The third-order valence-corrected chi connectivity index (χ3v) is 4.11. The highest BCUT2D eigenvalue weighted by Crippen LogP contribution is 2.25. The van der Waals surface area contributed by atoms with Crippen molar-refractivity contribution in [3.05, 3.63) is 65.4 Å². The molecule has 2 aromatic carbocycles. The third-order valence-electron chi connectivity index (χ3n) is 4.11. The zero-order chi connectivity index (χ0) is 18.8. The first-order valence-corrected chi connectivity index (χ1v) is 8.09. The van der Waals surface area contributed by atoms with E-state index in [4.69, 9.17) is 5.11 Å². The van der Waals surface area contributed by atoms with Crippen LogP contribution in [0.25, 0.3) is 6.08 Å². The van der Waals surface area contributed by atoms with E-state index in [1.54, 1.807) is 25.1 Å². The summed E-state index contributed by atoms with van der Waals surface area (Å²) in [7, 11) is 3.93. The molecule has 0 saturated carbocycles. The molecule has 132 valence electrons. The van der Waals surface area contributed by atoms with Crippen LogP contribution in [0.1, 0.15) is 22.8 Å². The van der Waals surface area contributed by atoms with E-state index in [0.29, 0.717) is 17.2 Å². The number of amidine groups is 1. The summed E-state index contributed by atoms with van der Waals surface area (Å²) in [5.74, 6) is -0.687. The lowest BCUT2D eigenvalue weighted by Gasteiger charge is -2.16. The van der Waals surface area contributed by atoms with Crippen molar-refractivity contribution in [2.24, 2.45) is 4.99 Å². The number of hydrogen-bond donors (Lipinski definition) is 1. The predicted octanol–water partition coefficient (Wildman–Crippen LogP) is 3.26. The van der Waals surface area contributed by atoms with Crippen molar-refractivity contribution in [3.63, 3.8) is 0 Å². The van der Waals surface area contributed by atoms with Crippen LogP contribution < -0.4 is 9.80 Å². The number of benzene rings is 2. The molecule has 1 aliphatic rings. The Labute approximate surface area is 151 Å². The van der Waals surface area contributed by atoms with Gasteiger partial charge in [-0.3, -0.25) is 9.69 Å². The maximum atomic E-state index is 12.7. The van der Waals surface area contributed by atoms with Crippen LogP contribution in [0.2, 0.25) is 0 Å². The highest BCUT2D eigenvalue weighted by Gasteiger charge is 2.28. The van der Waals surface area contributed by atoms with E-state index in [9.17, 15) is 9.59 Å². The van der Waals surface area contributed by atoms with Gasteiger partial charge in [0.1, 0.15) is 11.5 Å². The van der Waals surface area contributed by atoms with Crippen molar-refractivity contribution >= 4 is 35.2 Å². The lowest BCUT2D eigenvalue weighted by Crippen LogP contribution is -2.30. The predicted molar refractivity (Wildman–Crippen MR) is 103 cm³/mol. The fourth-order valence-electron chi connectivity index (χ4n) is 2.71. The first-order chi connectivity index (χ1) is 12.4. The normalized spacial score (nSPS) is 15.3. The average molecular weight is 349 g/mol. The van der Waals surface area contributed by atoms with Gasteiger partial charge in [0.15, 0.2) is 0 Å². The lowest BCUT2D eigenvalue weighted by molar-refractivity contribution is -0.113. The Morgan fingerprint density at radius 3 is 2.23 bits per heavy atom. The molecule has 0 bridgehead atoms. The number of aliphatic imine (C=N–C) groups is 1. The molecular formula is C20H19N3O3. The number of amides is 1. The van der Waals surface area contributed by atoms with E-state index >= 15 is 0 Å². The van der Waals surface area contributed by atoms with E-state index in [1.165, 1.54) is 17.0 Å². The average Bonchev–Trinajstić information content (AvgIpc) is 2.89. The SMILES string of the molecule is CC1=N/C(=C\c2ccc(N(C)C)cc2)C(=O)N1c1ccc(C(=O)O)cc1. The van der Waals surface area contributed by atoms with Gasteiger partial charge in [0, 0.05) is 19.8 Å². The Morgan fingerprint density at radius 2 is 1.69 bits per heavy atom. The van der Waals surface area contributed by atoms with Crippen LogP contribution in [0.4, 0.5) is 11.4 Å². The van der Waals surface area contributed by atoms with Crippen LogP contribution in [0.3, 0.4) is 0 Å². The van der Waals surface area contributed by atoms with Gasteiger partial charge in [0.25, 0.3) is 5.91 Å². The number of carboxylic acid groups (broad SMARTS) is 1. The molecule has 0 fully saturated rings.